The van der Waals surface area contributed by atoms with E-state index in [-0.39, 0.29) is 72.8 Å². The number of rotatable bonds is 26. The summed E-state index contributed by atoms with van der Waals surface area (Å²) in [6.45, 7) is 4.72. The minimum absolute atomic E-state index is 0.0199. The SMILES string of the molecule is CN[C@@H](C)C(=O)N[C@H]1CCCC[C@H]2CC[C@@H](C(=O)N[C@@H](c3ccccc3)c3ccc(CCCc4cn(COCc5cn(CCCC6=CCC([C@@H](NC(=O)[C@@H]7CC[C@@H]8CCCC[C@H](NC(=O)[C@H](C)NC)C(=O)N87)c7ccccc7)C=C6)nn5)nn4)cc3)N2C1=O. The Bertz CT molecular complexity index is 3240. The molecule has 474 valence electrons. The minimum atomic E-state index is -0.664. The van der Waals surface area contributed by atoms with Gasteiger partial charge in [-0.25, -0.2) is 4.68 Å². The van der Waals surface area contributed by atoms with E-state index in [1.54, 1.807) is 42.4 Å². The van der Waals surface area contributed by atoms with E-state index in [0.717, 1.165) is 124 Å². The molecule has 0 spiro atoms. The summed E-state index contributed by atoms with van der Waals surface area (Å²) in [5.74, 6) is -1.09. The van der Waals surface area contributed by atoms with Gasteiger partial charge >= 0.3 is 0 Å². The standard InChI is InChI=1S/C68H90N14O7/c1-45(69-3)63(83)71-57-26-13-11-24-55-36-38-59(81(55)67(57)87)65(85)73-61(49-19-7-5-8-20-49)51-32-28-47(29-33-51)17-15-23-53-41-80(78-75-53)44-89-43-54-42-79(77-76-54)40-16-18-48-30-34-52(35-31-48)62(50-21-9-6-10-22-50)74-66(86)60-39-37-56-25-12-14-27-58(68(88)82(56)60)72-64(84)46(2)70-4/h5-10,19-22,28-34,41-42,45-46,52,55-62,69-70H,11-18,23-27,35-40,43-44H2,1-4H3,(H,71,83)(H,72,84)(H,73,85)(H,74,86)/t45-,46-,52?,55-,56-,57-,58-,59-,60-,61-,62-/m0/s1. The second kappa shape index (κ2) is 31.0. The fourth-order valence-corrected chi connectivity index (χ4v) is 13.5. The van der Waals surface area contributed by atoms with Crippen molar-refractivity contribution < 1.29 is 33.5 Å². The molecule has 1 aliphatic carbocycles. The van der Waals surface area contributed by atoms with Crippen molar-refractivity contribution in [3.63, 3.8) is 0 Å². The van der Waals surface area contributed by atoms with Gasteiger partial charge in [-0.1, -0.05) is 145 Å². The van der Waals surface area contributed by atoms with Crippen LogP contribution in [-0.2, 0) is 66.2 Å². The Balaban J connectivity index is 0.651. The third-order valence-corrected chi connectivity index (χ3v) is 18.8. The Morgan fingerprint density at radius 1 is 0.596 bits per heavy atom. The molecule has 89 heavy (non-hydrogen) atoms. The average molecular weight is 1220 g/mol. The molecule has 21 heteroatoms. The van der Waals surface area contributed by atoms with Crippen LogP contribution >= 0.6 is 0 Å². The maximum Gasteiger partial charge on any atom is 0.246 e. The van der Waals surface area contributed by atoms with Crippen LogP contribution in [0.4, 0.5) is 0 Å². The minimum Gasteiger partial charge on any atom is -0.353 e. The lowest BCUT2D eigenvalue weighted by Gasteiger charge is -2.36. The molecule has 6 N–H and O–H groups in total. The molecule has 0 saturated carbocycles. The average Bonchev–Trinajstić information content (AvgIpc) is 4.45. The monoisotopic (exact) mass is 1210 g/mol. The molecule has 0 bridgehead atoms. The molecule has 11 atom stereocenters. The molecule has 0 radical (unpaired) electrons. The summed E-state index contributed by atoms with van der Waals surface area (Å²) < 4.78 is 9.50. The first-order valence-electron chi connectivity index (χ1n) is 32.5. The van der Waals surface area contributed by atoms with Gasteiger partial charge in [0.25, 0.3) is 0 Å². The summed E-state index contributed by atoms with van der Waals surface area (Å²) in [5.41, 5.74) is 6.89. The van der Waals surface area contributed by atoms with Crippen molar-refractivity contribution in [3.8, 4) is 0 Å². The third kappa shape index (κ3) is 16.5. The van der Waals surface area contributed by atoms with Crippen molar-refractivity contribution in [1.29, 1.82) is 0 Å². The first-order chi connectivity index (χ1) is 43.3. The highest BCUT2D eigenvalue weighted by molar-refractivity contribution is 5.95. The van der Waals surface area contributed by atoms with Gasteiger partial charge in [0.2, 0.25) is 35.4 Å². The smallest absolute Gasteiger partial charge is 0.246 e. The van der Waals surface area contributed by atoms with Gasteiger partial charge in [-0.3, -0.25) is 33.4 Å². The van der Waals surface area contributed by atoms with E-state index in [0.29, 0.717) is 32.2 Å². The van der Waals surface area contributed by atoms with E-state index >= 15 is 0 Å². The number of benzene rings is 3. The zero-order valence-electron chi connectivity index (χ0n) is 52.1. The Labute approximate surface area is 523 Å². The number of carbonyl (C=O) groups excluding carboxylic acids is 6. The van der Waals surface area contributed by atoms with Crippen LogP contribution in [0.1, 0.15) is 162 Å². The highest BCUT2D eigenvalue weighted by Gasteiger charge is 2.46. The number of amides is 6. The quantitative estimate of drug-likeness (QED) is 0.0341. The first-order valence-corrected chi connectivity index (χ1v) is 32.5. The summed E-state index contributed by atoms with van der Waals surface area (Å²) in [4.78, 5) is 86.3. The number of aromatic nitrogens is 6. The Morgan fingerprint density at radius 2 is 1.15 bits per heavy atom. The van der Waals surface area contributed by atoms with Gasteiger partial charge < -0.3 is 46.4 Å². The highest BCUT2D eigenvalue weighted by Crippen LogP contribution is 2.36. The lowest BCUT2D eigenvalue weighted by molar-refractivity contribution is -0.144. The molecule has 21 nitrogen and oxygen atoms in total. The fraction of sp³-hybridized carbons (Fsp3) is 0.529. The van der Waals surface area contributed by atoms with E-state index in [1.807, 2.05) is 65.6 Å². The van der Waals surface area contributed by atoms with Crippen LogP contribution in [-0.4, -0.2) is 138 Å². The maximum absolute atomic E-state index is 14.3. The van der Waals surface area contributed by atoms with Crippen LogP contribution in [0, 0.1) is 5.92 Å². The van der Waals surface area contributed by atoms with Gasteiger partial charge in [0.15, 0.2) is 0 Å². The Hall–Kier alpha value is -7.88. The van der Waals surface area contributed by atoms with Crippen molar-refractivity contribution in [3.05, 3.63) is 155 Å². The van der Waals surface area contributed by atoms with Crippen LogP contribution in [0.25, 0.3) is 0 Å². The number of fused-ring (bicyclic) bond motifs is 2. The largest absolute Gasteiger partial charge is 0.353 e. The first kappa shape index (κ1) is 64.1. The number of hydrogen-bond acceptors (Lipinski definition) is 13. The lowest BCUT2D eigenvalue weighted by atomic mass is 9.85. The summed E-state index contributed by atoms with van der Waals surface area (Å²) in [7, 11) is 3.44. The van der Waals surface area contributed by atoms with Crippen molar-refractivity contribution in [1.82, 2.24) is 71.7 Å². The van der Waals surface area contributed by atoms with Crippen molar-refractivity contribution in [2.24, 2.45) is 5.92 Å². The molecule has 2 aromatic heterocycles. The zero-order valence-corrected chi connectivity index (χ0v) is 52.1. The number of nitrogens with one attached hydrogen (secondary N) is 6. The van der Waals surface area contributed by atoms with Gasteiger partial charge in [0, 0.05) is 24.5 Å². The van der Waals surface area contributed by atoms with E-state index in [2.05, 4.69) is 107 Å². The molecule has 4 saturated heterocycles. The molecule has 4 fully saturated rings. The van der Waals surface area contributed by atoms with Crippen molar-refractivity contribution in [2.45, 2.75) is 210 Å². The molecule has 6 amide bonds. The third-order valence-electron chi connectivity index (χ3n) is 18.8. The molecule has 1 unspecified atom stereocenters. The maximum atomic E-state index is 14.3. The van der Waals surface area contributed by atoms with E-state index in [4.69, 9.17) is 4.74 Å². The van der Waals surface area contributed by atoms with Crippen LogP contribution in [0.3, 0.4) is 0 Å². The molecular weight excluding hydrogens is 1120 g/mol. The Morgan fingerprint density at radius 3 is 1.74 bits per heavy atom. The van der Waals surface area contributed by atoms with Gasteiger partial charge in [0.05, 0.1) is 48.9 Å². The lowest BCUT2D eigenvalue weighted by Crippen LogP contribution is -2.58. The summed E-state index contributed by atoms with van der Waals surface area (Å²) in [5, 5.41) is 36.0. The van der Waals surface area contributed by atoms with Crippen molar-refractivity contribution in [2.75, 3.05) is 14.1 Å². The topological polar surface area (TPSA) is 252 Å². The van der Waals surface area contributed by atoms with Crippen LogP contribution < -0.4 is 31.9 Å². The molecule has 3 aromatic carbocycles. The van der Waals surface area contributed by atoms with Gasteiger partial charge in [-0.15, -0.1) is 10.2 Å². The van der Waals surface area contributed by atoms with Crippen LogP contribution in [0.5, 0.6) is 0 Å². The summed E-state index contributed by atoms with van der Waals surface area (Å²) in [6.07, 6.45) is 24.4. The predicted octanol–water partition coefficient (Wildman–Crippen LogP) is 6.62. The number of hydrogen-bond donors (Lipinski definition) is 6. The molecule has 5 aromatic rings. The second-order valence-corrected chi connectivity index (χ2v) is 24.9. The highest BCUT2D eigenvalue weighted by atomic mass is 16.5. The molecule has 10 rings (SSSR count). The number of allylic oxidation sites excluding steroid dienone is 3. The van der Waals surface area contributed by atoms with Gasteiger partial charge in [0.1, 0.15) is 36.6 Å². The van der Waals surface area contributed by atoms with Crippen LogP contribution in [0.2, 0.25) is 0 Å². The normalized spacial score (nSPS) is 23.3. The van der Waals surface area contributed by atoms with E-state index in [1.165, 1.54) is 5.57 Å². The number of nitrogens with zero attached hydrogens (tertiary/aromatic N) is 8. The molecule has 6 heterocycles. The van der Waals surface area contributed by atoms with E-state index in [9.17, 15) is 28.8 Å². The fourth-order valence-electron chi connectivity index (χ4n) is 13.5. The zero-order chi connectivity index (χ0) is 62.2. The number of ether oxygens (including phenoxy) is 1. The molecular formula is C68H90N14O7. The molecule has 4 aliphatic heterocycles. The predicted molar refractivity (Wildman–Crippen MR) is 337 cm³/mol. The van der Waals surface area contributed by atoms with Crippen LogP contribution in [0.15, 0.2) is 121 Å². The number of aryl methyl sites for hydroxylation is 3. The summed E-state index contributed by atoms with van der Waals surface area (Å²) >= 11 is 0. The van der Waals surface area contributed by atoms with Gasteiger partial charge in [-0.05, 0) is 140 Å². The number of carbonyl (C=O) groups is 6. The summed E-state index contributed by atoms with van der Waals surface area (Å²) in [6, 6.07) is 24.2. The van der Waals surface area contributed by atoms with Gasteiger partial charge in [-0.2, -0.15) is 0 Å². The van der Waals surface area contributed by atoms with E-state index < -0.39 is 42.3 Å². The molecule has 5 aliphatic rings. The Kier molecular flexibility index (Phi) is 22.4. The second-order valence-electron chi connectivity index (χ2n) is 24.9. The number of likely N-dealkylation sites (N-methyl/N-ethyl adjacent to an activating group) is 2. The van der Waals surface area contributed by atoms with Crippen molar-refractivity contribution >= 4 is 35.4 Å².